The van der Waals surface area contributed by atoms with Crippen molar-refractivity contribution in [2.45, 2.75) is 55.3 Å². The lowest BCUT2D eigenvalue weighted by molar-refractivity contribution is -0.147. The van der Waals surface area contributed by atoms with E-state index in [2.05, 4.69) is 29.1 Å². The number of hydrogen-bond donors (Lipinski definition) is 1. The van der Waals surface area contributed by atoms with Crippen LogP contribution in [0.5, 0.6) is 0 Å². The zero-order chi connectivity index (χ0) is 31.8. The first-order chi connectivity index (χ1) is 21.2. The van der Waals surface area contributed by atoms with E-state index < -0.39 is 48.1 Å². The van der Waals surface area contributed by atoms with Crippen molar-refractivity contribution >= 4 is 50.9 Å². The molecule has 3 saturated heterocycles. The van der Waals surface area contributed by atoms with Crippen LogP contribution < -0.4 is 4.90 Å². The molecule has 3 aliphatic rings. The lowest BCUT2D eigenvalue weighted by Crippen LogP contribution is -2.58. The average Bonchev–Trinajstić information content (AvgIpc) is 3.60. The predicted molar refractivity (Wildman–Crippen MR) is 175 cm³/mol. The minimum absolute atomic E-state index is 0.130. The SMILES string of the molecule is C=CCN(CCC)C(=O)[C@H]1[C@H]2C(=O)N([C@H](CO)c3ccccc3)C(C(=O)N(CC=C)c3c(C)cccc3Cl)C23CC(Br)[C@@H]1O3. The summed E-state index contributed by atoms with van der Waals surface area (Å²) >= 11 is 10.4. The number of aliphatic hydroxyl groups excluding tert-OH is 1. The number of benzene rings is 2. The minimum Gasteiger partial charge on any atom is -0.394 e. The summed E-state index contributed by atoms with van der Waals surface area (Å²) in [5.74, 6) is -2.70. The first kappa shape index (κ1) is 32.4. The van der Waals surface area contributed by atoms with Gasteiger partial charge in [0.25, 0.3) is 5.91 Å². The van der Waals surface area contributed by atoms with Gasteiger partial charge in [-0.05, 0) is 37.0 Å². The molecule has 0 saturated carbocycles. The van der Waals surface area contributed by atoms with Crippen molar-refractivity contribution in [1.82, 2.24) is 9.80 Å². The van der Waals surface area contributed by atoms with Gasteiger partial charge in [0.1, 0.15) is 11.6 Å². The minimum atomic E-state index is -1.31. The Morgan fingerprint density at radius 3 is 2.48 bits per heavy atom. The van der Waals surface area contributed by atoms with Crippen LogP contribution >= 0.6 is 27.5 Å². The highest BCUT2D eigenvalue weighted by molar-refractivity contribution is 9.09. The van der Waals surface area contributed by atoms with E-state index in [4.69, 9.17) is 16.3 Å². The summed E-state index contributed by atoms with van der Waals surface area (Å²) in [6.45, 7) is 12.1. The maximum absolute atomic E-state index is 15.0. The van der Waals surface area contributed by atoms with Gasteiger partial charge in [-0.25, -0.2) is 0 Å². The second-order valence-electron chi connectivity index (χ2n) is 11.7. The number of aliphatic hydroxyl groups is 1. The van der Waals surface area contributed by atoms with E-state index in [9.17, 15) is 14.7 Å². The largest absolute Gasteiger partial charge is 0.394 e. The highest BCUT2D eigenvalue weighted by Crippen LogP contribution is 2.61. The normalized spacial score (nSPS) is 27.6. The van der Waals surface area contributed by atoms with Gasteiger partial charge in [0.05, 0.1) is 41.3 Å². The van der Waals surface area contributed by atoms with Gasteiger partial charge in [-0.2, -0.15) is 0 Å². The Kier molecular flexibility index (Phi) is 9.70. The molecule has 2 aromatic rings. The van der Waals surface area contributed by atoms with Crippen molar-refractivity contribution in [2.75, 3.05) is 31.1 Å². The molecule has 3 fully saturated rings. The molecule has 3 aliphatic heterocycles. The quantitative estimate of drug-likeness (QED) is 0.249. The average molecular weight is 685 g/mol. The van der Waals surface area contributed by atoms with Crippen LogP contribution in [-0.2, 0) is 19.1 Å². The molecule has 3 amide bonds. The number of hydrogen-bond acceptors (Lipinski definition) is 5. The fraction of sp³-hybridized carbons (Fsp3) is 0.441. The molecule has 1 N–H and O–H groups in total. The van der Waals surface area contributed by atoms with E-state index in [0.717, 1.165) is 12.0 Å². The van der Waals surface area contributed by atoms with E-state index in [1.807, 2.05) is 56.3 Å². The summed E-state index contributed by atoms with van der Waals surface area (Å²) in [4.78, 5) is 48.5. The van der Waals surface area contributed by atoms with E-state index in [0.29, 0.717) is 35.8 Å². The zero-order valence-electron chi connectivity index (χ0n) is 25.1. The van der Waals surface area contributed by atoms with Crippen molar-refractivity contribution in [1.29, 1.82) is 0 Å². The first-order valence-electron chi connectivity index (χ1n) is 15.0. The zero-order valence-corrected chi connectivity index (χ0v) is 27.4. The summed E-state index contributed by atoms with van der Waals surface area (Å²) in [6.07, 6.45) is 3.77. The van der Waals surface area contributed by atoms with Crippen molar-refractivity contribution < 1.29 is 24.2 Å². The third kappa shape index (κ3) is 5.21. The fourth-order valence-corrected chi connectivity index (χ4v) is 8.72. The molecule has 3 heterocycles. The van der Waals surface area contributed by atoms with E-state index in [-0.39, 0.29) is 23.2 Å². The number of halogens is 2. The molecule has 0 radical (unpaired) electrons. The number of alkyl halides is 1. The molecule has 234 valence electrons. The van der Waals surface area contributed by atoms with Crippen LogP contribution in [0.3, 0.4) is 0 Å². The number of anilines is 1. The van der Waals surface area contributed by atoms with Crippen molar-refractivity contribution in [2.24, 2.45) is 11.8 Å². The maximum atomic E-state index is 15.0. The summed E-state index contributed by atoms with van der Waals surface area (Å²) in [5, 5.41) is 11.2. The van der Waals surface area contributed by atoms with Crippen LogP contribution in [-0.4, -0.2) is 81.4 Å². The molecule has 5 rings (SSSR count). The number of rotatable bonds is 12. The molecule has 44 heavy (non-hydrogen) atoms. The van der Waals surface area contributed by atoms with Crippen LogP contribution in [0.25, 0.3) is 0 Å². The standard InChI is InChI=1S/C34H39BrClN3O5/c1-5-16-37(17-6-2)31(41)26-27-32(42)39(25(20-40)22-13-9-8-10-14-22)30(34(27)19-23(35)29(26)44-34)33(43)38(18-7-3)28-21(4)12-11-15-24(28)36/h5,7-15,23,25-27,29-30,40H,1,3,6,16-20H2,2,4H3/t23?,25-,26+,27+,29+,30?,34?/m1/s1. The molecule has 0 aliphatic carbocycles. The molecule has 8 nitrogen and oxygen atoms in total. The fourth-order valence-electron chi connectivity index (χ4n) is 7.46. The lowest BCUT2D eigenvalue weighted by Gasteiger charge is -2.40. The Bertz CT molecular complexity index is 1420. The van der Waals surface area contributed by atoms with Gasteiger partial charge in [-0.1, -0.05) is 89.1 Å². The number of carbonyl (C=O) groups excluding carboxylic acids is 3. The molecule has 2 aromatic carbocycles. The molecular weight excluding hydrogens is 646 g/mol. The van der Waals surface area contributed by atoms with Crippen LogP contribution in [0, 0.1) is 18.8 Å². The van der Waals surface area contributed by atoms with Gasteiger partial charge in [0, 0.05) is 24.5 Å². The number of amides is 3. The van der Waals surface area contributed by atoms with Crippen molar-refractivity contribution in [3.63, 3.8) is 0 Å². The molecule has 10 heteroatoms. The van der Waals surface area contributed by atoms with Crippen LogP contribution in [0.4, 0.5) is 5.69 Å². The molecule has 3 unspecified atom stereocenters. The van der Waals surface area contributed by atoms with Gasteiger partial charge < -0.3 is 24.5 Å². The summed E-state index contributed by atoms with van der Waals surface area (Å²) < 4.78 is 6.76. The Hall–Kier alpha value is -2.98. The monoisotopic (exact) mass is 683 g/mol. The highest BCUT2D eigenvalue weighted by atomic mass is 79.9. The Morgan fingerprint density at radius 2 is 1.86 bits per heavy atom. The number of likely N-dealkylation sites (tertiary alicyclic amines) is 1. The summed E-state index contributed by atoms with van der Waals surface area (Å²) in [7, 11) is 0. The Balaban J connectivity index is 1.69. The highest BCUT2D eigenvalue weighted by Gasteiger charge is 2.77. The van der Waals surface area contributed by atoms with E-state index in [1.165, 1.54) is 4.90 Å². The Labute approximate surface area is 272 Å². The van der Waals surface area contributed by atoms with Gasteiger partial charge in [0.15, 0.2) is 0 Å². The second kappa shape index (κ2) is 13.2. The second-order valence-corrected chi connectivity index (χ2v) is 13.3. The molecular formula is C34H39BrClN3O5. The van der Waals surface area contributed by atoms with Gasteiger partial charge in [-0.3, -0.25) is 14.4 Å². The predicted octanol–water partition coefficient (Wildman–Crippen LogP) is 5.07. The lowest BCUT2D eigenvalue weighted by atomic mass is 9.70. The third-order valence-corrected chi connectivity index (χ3v) is 10.3. The van der Waals surface area contributed by atoms with E-state index in [1.54, 1.807) is 28.0 Å². The third-order valence-electron chi connectivity index (χ3n) is 9.13. The molecule has 7 atom stereocenters. The number of ether oxygens (including phenoxy) is 1. The van der Waals surface area contributed by atoms with E-state index >= 15 is 4.79 Å². The molecule has 0 aromatic heterocycles. The van der Waals surface area contributed by atoms with Crippen LogP contribution in [0.2, 0.25) is 5.02 Å². The van der Waals surface area contributed by atoms with Crippen LogP contribution in [0.15, 0.2) is 73.8 Å². The Morgan fingerprint density at radius 1 is 1.16 bits per heavy atom. The number of para-hydroxylation sites is 1. The molecule has 1 spiro atoms. The maximum Gasteiger partial charge on any atom is 0.253 e. The summed E-state index contributed by atoms with van der Waals surface area (Å²) in [6, 6.07) is 12.6. The number of aryl methyl sites for hydroxylation is 1. The topological polar surface area (TPSA) is 90.4 Å². The van der Waals surface area contributed by atoms with Crippen molar-refractivity contribution in [3.8, 4) is 0 Å². The first-order valence-corrected chi connectivity index (χ1v) is 16.3. The number of carbonyl (C=O) groups is 3. The van der Waals surface area contributed by atoms with Gasteiger partial charge >= 0.3 is 0 Å². The number of nitrogens with zero attached hydrogens (tertiary/aromatic N) is 3. The van der Waals surface area contributed by atoms with Crippen molar-refractivity contribution in [3.05, 3.63) is 90.0 Å². The smallest absolute Gasteiger partial charge is 0.253 e. The van der Waals surface area contributed by atoms with Gasteiger partial charge in [-0.15, -0.1) is 13.2 Å². The summed E-state index contributed by atoms with van der Waals surface area (Å²) in [5.41, 5.74) is 0.661. The van der Waals surface area contributed by atoms with Gasteiger partial charge in [0.2, 0.25) is 11.8 Å². The van der Waals surface area contributed by atoms with Crippen LogP contribution in [0.1, 0.15) is 36.9 Å². The molecule has 2 bridgehead atoms. The number of fused-ring (bicyclic) bond motifs is 1.